The van der Waals surface area contributed by atoms with E-state index in [0.717, 1.165) is 45.4 Å². The van der Waals surface area contributed by atoms with Crippen LogP contribution in [0.4, 0.5) is 20.8 Å². The maximum atomic E-state index is 15.4. The second-order valence-electron chi connectivity index (χ2n) is 10.8. The number of ether oxygens (including phenoxy) is 1. The SMILES string of the molecule is CS(=O)(=O)O.CS(=O)(=O)O.Cc1nc(NNC(=O)[C@H](CNC(=O)O)CC2CCCC2)c(F)c(N2CCN3CCOC[C@H]3C2)n1. The van der Waals surface area contributed by atoms with Crippen molar-refractivity contribution in [1.29, 1.82) is 0 Å². The van der Waals surface area contributed by atoms with Crippen molar-refractivity contribution in [3.05, 3.63) is 11.6 Å². The number of rotatable bonds is 8. The lowest BCUT2D eigenvalue weighted by Crippen LogP contribution is -2.58. The highest BCUT2D eigenvalue weighted by Crippen LogP contribution is 2.30. The number of hydrogen-bond acceptors (Lipinski definition) is 12. The molecule has 2 aliphatic heterocycles. The fourth-order valence-electron chi connectivity index (χ4n) is 5.14. The molecule has 1 aliphatic carbocycles. The Balaban J connectivity index is 0.000000586. The first-order valence-corrected chi connectivity index (χ1v) is 17.6. The van der Waals surface area contributed by atoms with Crippen LogP contribution in [0.2, 0.25) is 0 Å². The normalized spacial score (nSPS) is 19.8. The van der Waals surface area contributed by atoms with E-state index in [4.69, 9.17) is 18.9 Å². The minimum atomic E-state index is -3.67. The molecule has 0 bridgehead atoms. The zero-order valence-electron chi connectivity index (χ0n) is 24.9. The maximum absolute atomic E-state index is 15.4. The largest absolute Gasteiger partial charge is 0.465 e. The Labute approximate surface area is 256 Å². The average molecular weight is 672 g/mol. The van der Waals surface area contributed by atoms with E-state index in [9.17, 15) is 26.4 Å². The summed E-state index contributed by atoms with van der Waals surface area (Å²) in [6.07, 6.45) is 5.15. The van der Waals surface area contributed by atoms with Gasteiger partial charge >= 0.3 is 6.09 Å². The number of halogens is 1. The Morgan fingerprint density at radius 1 is 1.07 bits per heavy atom. The topological polar surface area (TPSA) is 241 Å². The molecule has 3 heterocycles. The molecule has 3 fully saturated rings. The Kier molecular flexibility index (Phi) is 14.4. The van der Waals surface area contributed by atoms with Gasteiger partial charge in [-0.05, 0) is 19.3 Å². The molecule has 17 nitrogen and oxygen atoms in total. The molecule has 1 aromatic heterocycles. The van der Waals surface area contributed by atoms with E-state index in [-0.39, 0.29) is 24.2 Å². The number of nitrogens with one attached hydrogen (secondary N) is 3. The van der Waals surface area contributed by atoms with Crippen LogP contribution < -0.4 is 21.1 Å². The molecule has 2 atom stereocenters. The monoisotopic (exact) mass is 671 g/mol. The first kappa shape index (κ1) is 37.3. The lowest BCUT2D eigenvalue weighted by atomic mass is 9.92. The first-order valence-electron chi connectivity index (χ1n) is 13.9. The number of aromatic nitrogens is 2. The van der Waals surface area contributed by atoms with E-state index < -0.39 is 44.0 Å². The molecule has 252 valence electrons. The van der Waals surface area contributed by atoms with Gasteiger partial charge in [0.2, 0.25) is 11.7 Å². The van der Waals surface area contributed by atoms with Gasteiger partial charge in [-0.1, -0.05) is 25.7 Å². The minimum Gasteiger partial charge on any atom is -0.465 e. The van der Waals surface area contributed by atoms with E-state index in [2.05, 4.69) is 31.0 Å². The lowest BCUT2D eigenvalue weighted by molar-refractivity contribution is -0.124. The van der Waals surface area contributed by atoms with Gasteiger partial charge in [0.15, 0.2) is 11.6 Å². The Morgan fingerprint density at radius 2 is 1.68 bits per heavy atom. The summed E-state index contributed by atoms with van der Waals surface area (Å²) in [5.74, 6) is -0.730. The zero-order chi connectivity index (χ0) is 33.1. The van der Waals surface area contributed by atoms with Crippen LogP contribution in [0.3, 0.4) is 0 Å². The Bertz CT molecular complexity index is 1280. The smallest absolute Gasteiger partial charge is 0.404 e. The summed E-state index contributed by atoms with van der Waals surface area (Å²) in [4.78, 5) is 36.5. The third-order valence-corrected chi connectivity index (χ3v) is 6.95. The van der Waals surface area contributed by atoms with E-state index in [1.54, 1.807) is 6.92 Å². The number of aryl methyl sites for hydroxylation is 1. The van der Waals surface area contributed by atoms with Crippen molar-refractivity contribution < 1.29 is 49.8 Å². The minimum absolute atomic E-state index is 0.00359. The molecule has 0 radical (unpaired) electrons. The second kappa shape index (κ2) is 17.0. The molecule has 4 rings (SSSR count). The van der Waals surface area contributed by atoms with E-state index in [0.29, 0.717) is 50.4 Å². The average Bonchev–Trinajstić information content (AvgIpc) is 3.42. The highest BCUT2D eigenvalue weighted by atomic mass is 32.2. The summed E-state index contributed by atoms with van der Waals surface area (Å²) in [7, 11) is -7.33. The Hall–Kier alpha value is -2.91. The lowest BCUT2D eigenvalue weighted by Gasteiger charge is -2.44. The number of carbonyl (C=O) groups excluding carboxylic acids is 1. The van der Waals surface area contributed by atoms with Gasteiger partial charge in [0, 0.05) is 32.7 Å². The molecule has 20 heteroatoms. The summed E-state index contributed by atoms with van der Waals surface area (Å²) in [5.41, 5.74) is 5.16. The summed E-state index contributed by atoms with van der Waals surface area (Å²) in [6.45, 7) is 5.92. The van der Waals surface area contributed by atoms with Crippen LogP contribution in [-0.2, 0) is 29.8 Å². The van der Waals surface area contributed by atoms with Gasteiger partial charge in [0.05, 0.1) is 37.7 Å². The third kappa shape index (κ3) is 14.7. The molecule has 6 N–H and O–H groups in total. The van der Waals surface area contributed by atoms with Crippen LogP contribution in [0, 0.1) is 24.6 Å². The van der Waals surface area contributed by atoms with Gasteiger partial charge in [-0.2, -0.15) is 21.2 Å². The second-order valence-corrected chi connectivity index (χ2v) is 13.7. The standard InChI is InChI=1S/C22H34FN7O4.2CH4O3S/c1-14-25-19(18(23)20(26-14)30-7-6-29-8-9-34-13-17(29)12-30)27-28-21(31)16(11-24-22(32)33)10-15-4-2-3-5-15;2*1-5(2,3)4/h15-17,24H,2-13H2,1H3,(H,28,31)(H,32,33)(H,25,26,27);2*1H3,(H,2,3,4)/t16-,17+;;/m0../s1. The molecule has 0 spiro atoms. The van der Waals surface area contributed by atoms with Crippen molar-refractivity contribution in [1.82, 2.24) is 25.6 Å². The highest BCUT2D eigenvalue weighted by molar-refractivity contribution is 7.85. The number of carboxylic acid groups (broad SMARTS) is 1. The van der Waals surface area contributed by atoms with E-state index in [1.807, 2.05) is 4.90 Å². The molecule has 1 aromatic rings. The molecule has 2 amide bonds. The summed E-state index contributed by atoms with van der Waals surface area (Å²) >= 11 is 0. The van der Waals surface area contributed by atoms with Gasteiger partial charge in [-0.15, -0.1) is 0 Å². The fourth-order valence-corrected chi connectivity index (χ4v) is 5.14. The number of hydrogen-bond donors (Lipinski definition) is 6. The molecule has 0 unspecified atom stereocenters. The fraction of sp³-hybridized carbons (Fsp3) is 0.750. The van der Waals surface area contributed by atoms with Crippen molar-refractivity contribution in [2.75, 3.05) is 68.8 Å². The van der Waals surface area contributed by atoms with Gasteiger partial charge in [-0.25, -0.2) is 14.8 Å². The third-order valence-electron chi connectivity index (χ3n) is 6.95. The first-order chi connectivity index (χ1) is 20.4. The zero-order valence-corrected chi connectivity index (χ0v) is 26.5. The number of fused-ring (bicyclic) bond motifs is 1. The molecule has 44 heavy (non-hydrogen) atoms. The molecule has 2 saturated heterocycles. The van der Waals surface area contributed by atoms with Crippen molar-refractivity contribution >= 4 is 43.9 Å². The van der Waals surface area contributed by atoms with E-state index in [1.165, 1.54) is 0 Å². The molecular formula is C24H42FN7O10S2. The van der Waals surface area contributed by atoms with Crippen LogP contribution in [0.5, 0.6) is 0 Å². The van der Waals surface area contributed by atoms with Crippen LogP contribution >= 0.6 is 0 Å². The van der Waals surface area contributed by atoms with Gasteiger partial charge in [-0.3, -0.25) is 29.7 Å². The summed E-state index contributed by atoms with van der Waals surface area (Å²) in [6, 6.07) is 0.186. The Morgan fingerprint density at radius 3 is 2.27 bits per heavy atom. The van der Waals surface area contributed by atoms with Crippen LogP contribution in [0.1, 0.15) is 37.9 Å². The molecule has 0 aromatic carbocycles. The summed E-state index contributed by atoms with van der Waals surface area (Å²) in [5, 5.41) is 11.3. The number of morpholine rings is 1. The van der Waals surface area contributed by atoms with Crippen LogP contribution in [0.15, 0.2) is 0 Å². The van der Waals surface area contributed by atoms with Crippen LogP contribution in [0.25, 0.3) is 0 Å². The summed E-state index contributed by atoms with van der Waals surface area (Å²) < 4.78 is 72.7. The number of amides is 2. The highest BCUT2D eigenvalue weighted by Gasteiger charge is 2.32. The number of nitrogens with zero attached hydrogens (tertiary/aromatic N) is 4. The maximum Gasteiger partial charge on any atom is 0.404 e. The number of carbonyl (C=O) groups is 2. The van der Waals surface area contributed by atoms with Crippen molar-refractivity contribution in [3.63, 3.8) is 0 Å². The molecule has 1 saturated carbocycles. The van der Waals surface area contributed by atoms with Crippen LogP contribution in [-0.4, -0.2) is 122 Å². The van der Waals surface area contributed by atoms with Gasteiger partial charge < -0.3 is 20.1 Å². The van der Waals surface area contributed by atoms with Crippen molar-refractivity contribution in [2.45, 2.75) is 45.1 Å². The number of piperazine rings is 1. The molecule has 3 aliphatic rings. The predicted octanol–water partition coefficient (Wildman–Crippen LogP) is 0.360. The number of anilines is 2. The van der Waals surface area contributed by atoms with Gasteiger partial charge in [0.1, 0.15) is 5.82 Å². The number of hydrazine groups is 1. The van der Waals surface area contributed by atoms with Gasteiger partial charge in [0.25, 0.3) is 20.2 Å². The molecular weight excluding hydrogens is 629 g/mol. The van der Waals surface area contributed by atoms with Crippen molar-refractivity contribution in [2.24, 2.45) is 11.8 Å². The quantitative estimate of drug-likeness (QED) is 0.161. The van der Waals surface area contributed by atoms with E-state index >= 15 is 4.39 Å². The van der Waals surface area contributed by atoms with Crippen molar-refractivity contribution in [3.8, 4) is 0 Å². The predicted molar refractivity (Wildman–Crippen MR) is 158 cm³/mol.